The number of rotatable bonds is 10. The molecule has 2 N–H and O–H groups in total. The van der Waals surface area contributed by atoms with Crippen molar-refractivity contribution in [2.75, 3.05) is 26.2 Å². The smallest absolute Gasteiger partial charge is 0.320 e. The predicted molar refractivity (Wildman–Crippen MR) is 158 cm³/mol. The number of hydrogen-bond acceptors (Lipinski definition) is 8. The number of hydrogen-bond donors (Lipinski definition) is 2. The first-order valence-electron chi connectivity index (χ1n) is 16.4. The highest BCUT2D eigenvalue weighted by molar-refractivity contribution is 6.01. The van der Waals surface area contributed by atoms with Crippen molar-refractivity contribution in [3.8, 4) is 0 Å². The topological polar surface area (TPSA) is 113 Å². The molecule has 0 aromatic heterocycles. The first-order chi connectivity index (χ1) is 20.0. The molecule has 8 heteroatoms. The number of ketones is 2. The van der Waals surface area contributed by atoms with Gasteiger partial charge in [-0.15, -0.1) is 0 Å². The molecule has 42 heavy (non-hydrogen) atoms. The third-order valence-electron chi connectivity index (χ3n) is 11.8. The highest BCUT2D eigenvalue weighted by Gasteiger charge is 2.65. The molecule has 0 radical (unpaired) electrons. The Hall–Kier alpha value is -1.87. The molecule has 8 nitrogen and oxygen atoms in total. The van der Waals surface area contributed by atoms with E-state index in [-0.39, 0.29) is 48.4 Å². The number of carbonyl (C=O) groups excluding carboxylic acids is 3. The Morgan fingerprint density at radius 1 is 1.12 bits per heavy atom. The Morgan fingerprint density at radius 2 is 1.83 bits per heavy atom. The van der Waals surface area contributed by atoms with Crippen LogP contribution in [0, 0.1) is 40.4 Å². The zero-order valence-corrected chi connectivity index (χ0v) is 25.9. The average Bonchev–Trinajstić information content (AvgIpc) is 3.26. The summed E-state index contributed by atoms with van der Waals surface area (Å²) in [4.78, 5) is 40.7. The fraction of sp³-hybridized carbons (Fsp3) is 0.794. The second-order valence-corrected chi connectivity index (χ2v) is 14.1. The molecule has 4 fully saturated rings. The molecule has 0 aromatic carbocycles. The third kappa shape index (κ3) is 5.81. The number of nitrogens with zero attached hydrogens (tertiary/aromatic N) is 1. The van der Waals surface area contributed by atoms with E-state index in [1.54, 1.807) is 12.2 Å². The summed E-state index contributed by atoms with van der Waals surface area (Å²) in [5.74, 6) is -0.975. The van der Waals surface area contributed by atoms with Crippen molar-refractivity contribution in [1.29, 1.82) is 0 Å². The van der Waals surface area contributed by atoms with Gasteiger partial charge in [0.2, 0.25) is 0 Å². The molecule has 0 saturated heterocycles. The average molecular weight is 586 g/mol. The largest absolute Gasteiger partial charge is 0.457 e. The fourth-order valence-electron chi connectivity index (χ4n) is 9.65. The third-order valence-corrected chi connectivity index (χ3v) is 11.8. The lowest BCUT2D eigenvalue weighted by Crippen LogP contribution is -2.56. The van der Waals surface area contributed by atoms with Gasteiger partial charge in [0.1, 0.15) is 6.61 Å². The van der Waals surface area contributed by atoms with Crippen LogP contribution in [0.3, 0.4) is 0 Å². The molecule has 0 unspecified atom stereocenters. The minimum absolute atomic E-state index is 0.00305. The van der Waals surface area contributed by atoms with Crippen LogP contribution in [0.1, 0.15) is 85.5 Å². The van der Waals surface area contributed by atoms with Crippen LogP contribution >= 0.6 is 0 Å². The quantitative estimate of drug-likeness (QED) is 0.289. The van der Waals surface area contributed by atoms with Crippen LogP contribution in [0.5, 0.6) is 0 Å². The van der Waals surface area contributed by atoms with E-state index in [4.69, 9.17) is 9.47 Å². The molecule has 5 rings (SSSR count). The molecule has 0 spiro atoms. The minimum atomic E-state index is -0.939. The summed E-state index contributed by atoms with van der Waals surface area (Å²) < 4.78 is 12.0. The standard InChI is InChI=1S/C34H51NO7/c1-5-35(6-2)19-29(39)41-20-27(38)31-28(42-32(40)21-10-8-7-9-11-21)17-25-24-13-12-22-16-23(36)14-15-33(22,3)30(24)26(37)18-34(25,31)4/h14-16,21,24-26,28,30-32,37,40H,5-13,17-20H2,1-4H3/t24-,25-,26-,28+,30+,31-,32-,33-,34-/m0/s1. The van der Waals surface area contributed by atoms with Gasteiger partial charge in [0.25, 0.3) is 0 Å². The van der Waals surface area contributed by atoms with Gasteiger partial charge in [-0.05, 0) is 81.0 Å². The first-order valence-corrected chi connectivity index (χ1v) is 16.4. The van der Waals surface area contributed by atoms with Crippen LogP contribution in [0.25, 0.3) is 0 Å². The van der Waals surface area contributed by atoms with Crippen LogP contribution in [0.4, 0.5) is 0 Å². The predicted octanol–water partition coefficient (Wildman–Crippen LogP) is 4.23. The lowest BCUT2D eigenvalue weighted by molar-refractivity contribution is -0.187. The number of carbonyl (C=O) groups is 3. The summed E-state index contributed by atoms with van der Waals surface area (Å²) in [5.41, 5.74) is 0.119. The van der Waals surface area contributed by atoms with Gasteiger partial charge in [-0.1, -0.05) is 58.6 Å². The highest BCUT2D eigenvalue weighted by atomic mass is 16.6. The molecule has 234 valence electrons. The molecular formula is C34H51NO7. The number of aliphatic hydroxyl groups is 2. The lowest BCUT2D eigenvalue weighted by atomic mass is 9.46. The van der Waals surface area contributed by atoms with Crippen molar-refractivity contribution in [2.24, 2.45) is 40.4 Å². The van der Waals surface area contributed by atoms with E-state index in [1.165, 1.54) is 6.42 Å². The van der Waals surface area contributed by atoms with Crippen molar-refractivity contribution in [1.82, 2.24) is 4.90 Å². The number of esters is 1. The molecule has 0 aromatic rings. The number of allylic oxidation sites excluding steroid dienone is 4. The Kier molecular flexibility index (Phi) is 9.48. The molecule has 0 aliphatic heterocycles. The van der Waals surface area contributed by atoms with Crippen molar-refractivity contribution < 1.29 is 34.1 Å². The molecule has 0 bridgehead atoms. The summed E-state index contributed by atoms with van der Waals surface area (Å²) in [7, 11) is 0. The lowest BCUT2D eigenvalue weighted by Gasteiger charge is -2.58. The van der Waals surface area contributed by atoms with Crippen LogP contribution in [0.15, 0.2) is 23.8 Å². The second kappa shape index (κ2) is 12.6. The normalized spacial score (nSPS) is 38.8. The van der Waals surface area contributed by atoms with E-state index in [9.17, 15) is 24.6 Å². The van der Waals surface area contributed by atoms with Gasteiger partial charge in [0.15, 0.2) is 17.9 Å². The Morgan fingerprint density at radius 3 is 2.52 bits per heavy atom. The van der Waals surface area contributed by atoms with E-state index in [0.29, 0.717) is 12.8 Å². The zero-order chi connectivity index (χ0) is 30.2. The number of fused-ring (bicyclic) bond motifs is 5. The Bertz CT molecular complexity index is 1090. The van der Waals surface area contributed by atoms with Gasteiger partial charge >= 0.3 is 5.97 Å². The van der Waals surface area contributed by atoms with E-state index in [2.05, 4.69) is 13.8 Å². The maximum Gasteiger partial charge on any atom is 0.320 e. The first kappa shape index (κ1) is 31.6. The molecule has 5 aliphatic carbocycles. The minimum Gasteiger partial charge on any atom is -0.457 e. The number of aliphatic hydroxyl groups excluding tert-OH is 2. The van der Waals surface area contributed by atoms with Crippen molar-refractivity contribution in [2.45, 2.75) is 104 Å². The fourth-order valence-corrected chi connectivity index (χ4v) is 9.65. The van der Waals surface area contributed by atoms with Crippen molar-refractivity contribution in [3.63, 3.8) is 0 Å². The van der Waals surface area contributed by atoms with Gasteiger partial charge < -0.3 is 19.7 Å². The van der Waals surface area contributed by atoms with E-state index in [1.807, 2.05) is 24.8 Å². The van der Waals surface area contributed by atoms with Gasteiger partial charge in [-0.3, -0.25) is 19.3 Å². The number of likely N-dealkylation sites (N-methyl/N-ethyl adjacent to an activating group) is 1. The SMILES string of the molecule is CCN(CC)CC(=O)OCC(=O)[C@H]1[C@H](O[C@H](O)C2CCCCC2)C[C@H]2[C@@H]3CCC4=CC(=O)C=C[C@]4(C)[C@H]3[C@@H](O)C[C@@]21C. The molecule has 9 atom stereocenters. The van der Waals surface area contributed by atoms with Gasteiger partial charge in [-0.25, -0.2) is 0 Å². The summed E-state index contributed by atoms with van der Waals surface area (Å²) in [5, 5.41) is 23.0. The van der Waals surface area contributed by atoms with E-state index >= 15 is 0 Å². The molecular weight excluding hydrogens is 534 g/mol. The Balaban J connectivity index is 1.40. The molecule has 0 heterocycles. The number of ether oxygens (including phenoxy) is 2. The van der Waals surface area contributed by atoms with Crippen LogP contribution in [-0.4, -0.2) is 77.4 Å². The zero-order valence-electron chi connectivity index (χ0n) is 25.9. The van der Waals surface area contributed by atoms with Crippen molar-refractivity contribution in [3.05, 3.63) is 23.8 Å². The van der Waals surface area contributed by atoms with E-state index in [0.717, 1.165) is 57.2 Å². The van der Waals surface area contributed by atoms with Gasteiger partial charge in [0, 0.05) is 17.3 Å². The van der Waals surface area contributed by atoms with Crippen LogP contribution < -0.4 is 0 Å². The second-order valence-electron chi connectivity index (χ2n) is 14.1. The van der Waals surface area contributed by atoms with Gasteiger partial charge in [-0.2, -0.15) is 0 Å². The maximum absolute atomic E-state index is 14.0. The van der Waals surface area contributed by atoms with Crippen LogP contribution in [-0.2, 0) is 23.9 Å². The summed E-state index contributed by atoms with van der Waals surface area (Å²) in [6.45, 7) is 9.44. The molecule has 5 aliphatic rings. The highest BCUT2D eigenvalue weighted by Crippen LogP contribution is 2.66. The molecule has 0 amide bonds. The van der Waals surface area contributed by atoms with Gasteiger partial charge in [0.05, 0.1) is 24.7 Å². The summed E-state index contributed by atoms with van der Waals surface area (Å²) in [6, 6.07) is 0. The number of Topliss-reactive ketones (excluding diaryl/α,β-unsaturated/α-hetero) is 1. The van der Waals surface area contributed by atoms with E-state index < -0.39 is 41.2 Å². The Labute approximate surface area is 250 Å². The summed E-state index contributed by atoms with van der Waals surface area (Å²) in [6.07, 6.45) is 11.1. The monoisotopic (exact) mass is 585 g/mol. The van der Waals surface area contributed by atoms with Crippen molar-refractivity contribution >= 4 is 17.5 Å². The van der Waals surface area contributed by atoms with Crippen LogP contribution in [0.2, 0.25) is 0 Å². The maximum atomic E-state index is 14.0. The molecule has 4 saturated carbocycles. The summed E-state index contributed by atoms with van der Waals surface area (Å²) >= 11 is 0.